The van der Waals surface area contributed by atoms with Crippen molar-refractivity contribution < 1.29 is 14.3 Å². The fourth-order valence-corrected chi connectivity index (χ4v) is 3.11. The van der Waals surface area contributed by atoms with Crippen LogP contribution in [-0.2, 0) is 4.79 Å². The van der Waals surface area contributed by atoms with E-state index in [1.165, 1.54) is 12.8 Å². The first-order valence-electron chi connectivity index (χ1n) is 9.80. The molecule has 0 aliphatic carbocycles. The molecule has 6 nitrogen and oxygen atoms in total. The van der Waals surface area contributed by atoms with Gasteiger partial charge in [-0.2, -0.15) is 0 Å². The van der Waals surface area contributed by atoms with E-state index in [2.05, 4.69) is 10.6 Å². The molecule has 0 aromatic heterocycles. The Morgan fingerprint density at radius 2 is 1.43 bits per heavy atom. The first-order chi connectivity index (χ1) is 13.6. The van der Waals surface area contributed by atoms with E-state index in [9.17, 15) is 9.59 Å². The van der Waals surface area contributed by atoms with Gasteiger partial charge in [-0.05, 0) is 56.2 Å². The van der Waals surface area contributed by atoms with Gasteiger partial charge in [0.05, 0.1) is 0 Å². The summed E-state index contributed by atoms with van der Waals surface area (Å²) in [6.07, 6.45) is 3.86. The van der Waals surface area contributed by atoms with Crippen molar-refractivity contribution in [2.45, 2.75) is 38.7 Å². The third-order valence-electron chi connectivity index (χ3n) is 4.72. The topological polar surface area (TPSA) is 70.7 Å². The van der Waals surface area contributed by atoms with Crippen LogP contribution in [0.5, 0.6) is 5.75 Å². The molecule has 3 amide bonds. The van der Waals surface area contributed by atoms with Crippen molar-refractivity contribution in [3.8, 4) is 5.75 Å². The number of carbonyl (C=O) groups is 2. The van der Waals surface area contributed by atoms with Gasteiger partial charge in [0.25, 0.3) is 5.91 Å². The largest absolute Gasteiger partial charge is 0.481 e. The van der Waals surface area contributed by atoms with Crippen LogP contribution in [0.4, 0.5) is 16.2 Å². The first-order valence-corrected chi connectivity index (χ1v) is 9.80. The number of hydrogen-bond acceptors (Lipinski definition) is 3. The molecule has 2 aromatic rings. The average Bonchev–Trinajstić information content (AvgIpc) is 3.00. The molecule has 0 saturated carbocycles. The van der Waals surface area contributed by atoms with Gasteiger partial charge in [-0.25, -0.2) is 4.79 Å². The second kappa shape index (κ2) is 9.78. The van der Waals surface area contributed by atoms with Gasteiger partial charge in [-0.15, -0.1) is 0 Å². The number of hydrogen-bond donors (Lipinski definition) is 2. The van der Waals surface area contributed by atoms with Gasteiger partial charge < -0.3 is 20.3 Å². The van der Waals surface area contributed by atoms with E-state index in [1.807, 2.05) is 35.2 Å². The predicted molar refractivity (Wildman–Crippen MR) is 111 cm³/mol. The lowest BCUT2D eigenvalue weighted by Gasteiger charge is -2.21. The van der Waals surface area contributed by atoms with Gasteiger partial charge in [0.15, 0.2) is 6.10 Å². The van der Waals surface area contributed by atoms with E-state index in [4.69, 9.17) is 4.74 Å². The molecule has 1 heterocycles. The van der Waals surface area contributed by atoms with Gasteiger partial charge in [-0.3, -0.25) is 4.79 Å². The number of urea groups is 1. The molecular weight excluding hydrogens is 354 g/mol. The smallest absolute Gasteiger partial charge is 0.321 e. The summed E-state index contributed by atoms with van der Waals surface area (Å²) in [7, 11) is 0. The number of likely N-dealkylation sites (tertiary alicyclic amines) is 1. The third kappa shape index (κ3) is 5.74. The Bertz CT molecular complexity index is 769. The molecule has 3 rings (SSSR count). The van der Waals surface area contributed by atoms with Gasteiger partial charge in [0.1, 0.15) is 5.75 Å². The van der Waals surface area contributed by atoms with Crippen LogP contribution in [0.1, 0.15) is 32.6 Å². The molecule has 2 aromatic carbocycles. The standard InChI is InChI=1S/C22H27N3O3/c1-17(28-20-9-5-4-6-10-20)21(26)23-18-11-13-19(14-12-18)24-22(27)25-15-7-2-3-8-16-25/h4-6,9-14,17H,2-3,7-8,15-16H2,1H3,(H,23,26)(H,24,27). The van der Waals surface area contributed by atoms with Crippen molar-refractivity contribution in [3.63, 3.8) is 0 Å². The summed E-state index contributed by atoms with van der Waals surface area (Å²) in [5, 5.41) is 5.75. The second-order valence-corrected chi connectivity index (χ2v) is 6.97. The SMILES string of the molecule is CC(Oc1ccccc1)C(=O)Nc1ccc(NC(=O)N2CCCCCC2)cc1. The fraction of sp³-hybridized carbons (Fsp3) is 0.364. The summed E-state index contributed by atoms with van der Waals surface area (Å²) < 4.78 is 5.63. The van der Waals surface area contributed by atoms with Crippen molar-refractivity contribution in [2.75, 3.05) is 23.7 Å². The van der Waals surface area contributed by atoms with Crippen LogP contribution in [-0.4, -0.2) is 36.0 Å². The zero-order valence-corrected chi connectivity index (χ0v) is 16.2. The molecule has 1 aliphatic rings. The van der Waals surface area contributed by atoms with Crippen LogP contribution in [0.25, 0.3) is 0 Å². The minimum absolute atomic E-state index is 0.0661. The highest BCUT2D eigenvalue weighted by Crippen LogP contribution is 2.17. The van der Waals surface area contributed by atoms with Crippen LogP contribution in [0.15, 0.2) is 54.6 Å². The Balaban J connectivity index is 1.50. The molecule has 2 N–H and O–H groups in total. The van der Waals surface area contributed by atoms with E-state index in [-0.39, 0.29) is 11.9 Å². The van der Waals surface area contributed by atoms with E-state index in [0.29, 0.717) is 17.1 Å². The first kappa shape index (κ1) is 19.7. The van der Waals surface area contributed by atoms with Crippen LogP contribution in [0.2, 0.25) is 0 Å². The van der Waals surface area contributed by atoms with E-state index < -0.39 is 6.10 Å². The molecule has 6 heteroatoms. The molecule has 0 bridgehead atoms. The Hall–Kier alpha value is -3.02. The monoisotopic (exact) mass is 381 g/mol. The average molecular weight is 381 g/mol. The van der Waals surface area contributed by atoms with Gasteiger partial charge >= 0.3 is 6.03 Å². The summed E-state index contributed by atoms with van der Waals surface area (Å²) in [5.74, 6) is 0.418. The van der Waals surface area contributed by atoms with Crippen molar-refractivity contribution in [1.29, 1.82) is 0 Å². The maximum atomic E-state index is 12.4. The Morgan fingerprint density at radius 1 is 0.857 bits per heavy atom. The summed E-state index contributed by atoms with van der Waals surface area (Å²) in [5.41, 5.74) is 1.36. The van der Waals surface area contributed by atoms with Crippen LogP contribution in [0, 0.1) is 0 Å². The van der Waals surface area contributed by atoms with Crippen molar-refractivity contribution in [1.82, 2.24) is 4.90 Å². The van der Waals surface area contributed by atoms with Crippen LogP contribution in [0.3, 0.4) is 0 Å². The number of ether oxygens (including phenoxy) is 1. The molecule has 1 unspecified atom stereocenters. The molecule has 148 valence electrons. The lowest BCUT2D eigenvalue weighted by molar-refractivity contribution is -0.122. The van der Waals surface area contributed by atoms with Gasteiger partial charge in [-0.1, -0.05) is 31.0 Å². The number of nitrogens with one attached hydrogen (secondary N) is 2. The van der Waals surface area contributed by atoms with Gasteiger partial charge in [0.2, 0.25) is 0 Å². The predicted octanol–water partition coefficient (Wildman–Crippen LogP) is 4.50. The third-order valence-corrected chi connectivity index (χ3v) is 4.72. The number of rotatable bonds is 5. The highest BCUT2D eigenvalue weighted by Gasteiger charge is 2.16. The summed E-state index contributed by atoms with van der Waals surface area (Å²) in [4.78, 5) is 26.5. The number of carbonyl (C=O) groups excluding carboxylic acids is 2. The minimum Gasteiger partial charge on any atom is -0.481 e. The summed E-state index contributed by atoms with van der Waals surface area (Å²) in [6, 6.07) is 16.3. The molecule has 1 fully saturated rings. The normalized spacial score (nSPS) is 15.2. The molecular formula is C22H27N3O3. The highest BCUT2D eigenvalue weighted by molar-refractivity contribution is 5.95. The van der Waals surface area contributed by atoms with Crippen LogP contribution < -0.4 is 15.4 Å². The summed E-state index contributed by atoms with van der Waals surface area (Å²) >= 11 is 0. The van der Waals surface area contributed by atoms with E-state index >= 15 is 0 Å². The lowest BCUT2D eigenvalue weighted by Crippen LogP contribution is -2.35. The van der Waals surface area contributed by atoms with Crippen molar-refractivity contribution in [2.24, 2.45) is 0 Å². The number of amides is 3. The maximum absolute atomic E-state index is 12.4. The molecule has 0 spiro atoms. The fourth-order valence-electron chi connectivity index (χ4n) is 3.11. The Kier molecular flexibility index (Phi) is 6.89. The van der Waals surface area contributed by atoms with E-state index in [1.54, 1.807) is 31.2 Å². The number of benzene rings is 2. The zero-order valence-electron chi connectivity index (χ0n) is 16.2. The molecule has 1 saturated heterocycles. The van der Waals surface area contributed by atoms with Crippen molar-refractivity contribution >= 4 is 23.3 Å². The molecule has 0 radical (unpaired) electrons. The number of nitrogens with zero attached hydrogens (tertiary/aromatic N) is 1. The van der Waals surface area contributed by atoms with E-state index in [0.717, 1.165) is 25.9 Å². The molecule has 1 atom stereocenters. The van der Waals surface area contributed by atoms with Gasteiger partial charge in [0, 0.05) is 24.5 Å². The lowest BCUT2D eigenvalue weighted by atomic mass is 10.2. The Labute approximate surface area is 165 Å². The Morgan fingerprint density at radius 3 is 2.04 bits per heavy atom. The number of para-hydroxylation sites is 1. The number of anilines is 2. The molecule has 28 heavy (non-hydrogen) atoms. The zero-order chi connectivity index (χ0) is 19.8. The minimum atomic E-state index is -0.621. The summed E-state index contributed by atoms with van der Waals surface area (Å²) in [6.45, 7) is 3.32. The highest BCUT2D eigenvalue weighted by atomic mass is 16.5. The molecule has 1 aliphatic heterocycles. The second-order valence-electron chi connectivity index (χ2n) is 6.97. The van der Waals surface area contributed by atoms with Crippen LogP contribution >= 0.6 is 0 Å². The maximum Gasteiger partial charge on any atom is 0.321 e. The van der Waals surface area contributed by atoms with Crippen molar-refractivity contribution in [3.05, 3.63) is 54.6 Å². The quantitative estimate of drug-likeness (QED) is 0.801.